The van der Waals surface area contributed by atoms with Crippen molar-refractivity contribution in [1.29, 1.82) is 0 Å². The molecule has 0 saturated heterocycles. The van der Waals surface area contributed by atoms with E-state index in [0.717, 1.165) is 6.42 Å². The minimum absolute atomic E-state index is 0.141. The topological polar surface area (TPSA) is 41.5 Å². The van der Waals surface area contributed by atoms with Gasteiger partial charge in [0.15, 0.2) is 0 Å². The first-order valence-corrected chi connectivity index (χ1v) is 7.14. The fourth-order valence-electron chi connectivity index (χ4n) is 0.911. The van der Waals surface area contributed by atoms with Gasteiger partial charge in [0.1, 0.15) is 0 Å². The molecule has 0 rings (SSSR count). The molecule has 1 unspecified atom stereocenters. The smallest absolute Gasteiger partial charge is 0.201 e. The minimum Gasteiger partial charge on any atom is -0.431 e. The van der Waals surface area contributed by atoms with Crippen molar-refractivity contribution in [3.8, 4) is 0 Å². The Bertz CT molecular complexity index is 103. The molecule has 0 aromatic rings. The predicted molar refractivity (Wildman–Crippen MR) is 48.5 cm³/mol. The van der Waals surface area contributed by atoms with Crippen LogP contribution in [-0.4, -0.2) is 25.4 Å². The van der Waals surface area contributed by atoms with Gasteiger partial charge in [-0.3, -0.25) is 0 Å². The van der Waals surface area contributed by atoms with Crippen molar-refractivity contribution in [3.63, 3.8) is 0 Å². The second-order valence-corrected chi connectivity index (χ2v) is 7.17. The second kappa shape index (κ2) is 4.87. The van der Waals surface area contributed by atoms with Crippen LogP contribution >= 0.6 is 0 Å². The molecule has 0 aliphatic rings. The highest BCUT2D eigenvalue weighted by Crippen LogP contribution is 2.06. The van der Waals surface area contributed by atoms with Crippen molar-refractivity contribution in [2.75, 3.05) is 6.61 Å². The zero-order valence-corrected chi connectivity index (χ0v) is 8.85. The molecule has 2 N–H and O–H groups in total. The molecule has 0 saturated carbocycles. The summed E-state index contributed by atoms with van der Waals surface area (Å²) in [5.41, 5.74) is 3.01. The van der Waals surface area contributed by atoms with Crippen LogP contribution in [0, 0.1) is 0 Å². The summed E-state index contributed by atoms with van der Waals surface area (Å²) in [6.45, 7) is 8.43. The number of hydrogen-bond donors (Lipinski definition) is 2. The van der Waals surface area contributed by atoms with E-state index < -0.39 is 8.32 Å². The third kappa shape index (κ3) is 4.52. The van der Waals surface area contributed by atoms with E-state index in [0.29, 0.717) is 6.61 Å². The molecule has 11 heavy (non-hydrogen) atoms. The largest absolute Gasteiger partial charge is 0.431 e. The molecule has 0 radical (unpaired) electrons. The molecule has 0 bridgehead atoms. The van der Waals surface area contributed by atoms with Crippen molar-refractivity contribution in [1.82, 2.24) is 5.48 Å². The van der Waals surface area contributed by atoms with Gasteiger partial charge in [0.2, 0.25) is 8.32 Å². The van der Waals surface area contributed by atoms with Crippen LogP contribution in [0.4, 0.5) is 0 Å². The maximum atomic E-state index is 9.70. The third-order valence-corrected chi connectivity index (χ3v) is 3.86. The summed E-state index contributed by atoms with van der Waals surface area (Å²) >= 11 is 0. The molecule has 0 spiro atoms. The maximum Gasteiger partial charge on any atom is 0.201 e. The normalized spacial score (nSPS) is 15.0. The first-order chi connectivity index (χ1) is 5.02. The molecule has 0 heterocycles. The number of hydrogen-bond acceptors (Lipinski definition) is 3. The highest BCUT2D eigenvalue weighted by Gasteiger charge is 2.28. The van der Waals surface area contributed by atoms with Crippen LogP contribution in [0.1, 0.15) is 20.3 Å². The van der Waals surface area contributed by atoms with Gasteiger partial charge in [-0.25, -0.2) is 0 Å². The monoisotopic (exact) mass is 177 g/mol. The zero-order valence-electron chi connectivity index (χ0n) is 7.85. The summed E-state index contributed by atoms with van der Waals surface area (Å²) in [4.78, 5) is 14.7. The molecule has 0 aliphatic heterocycles. The van der Waals surface area contributed by atoms with Crippen LogP contribution < -0.4 is 5.48 Å². The molecular weight excluding hydrogens is 158 g/mol. The van der Waals surface area contributed by atoms with Crippen LogP contribution in [-0.2, 0) is 4.84 Å². The van der Waals surface area contributed by atoms with Gasteiger partial charge in [-0.05, 0) is 26.4 Å². The maximum absolute atomic E-state index is 9.70. The second-order valence-electron chi connectivity index (χ2n) is 3.17. The van der Waals surface area contributed by atoms with Gasteiger partial charge in [0.05, 0.1) is 12.3 Å². The lowest BCUT2D eigenvalue weighted by Crippen LogP contribution is -2.50. The summed E-state index contributed by atoms with van der Waals surface area (Å²) in [5, 5.41) is 0. The molecule has 0 aromatic carbocycles. The van der Waals surface area contributed by atoms with Gasteiger partial charge in [-0.2, -0.15) is 5.48 Å². The summed E-state index contributed by atoms with van der Waals surface area (Å²) in [7, 11) is -2.06. The molecule has 3 nitrogen and oxygen atoms in total. The van der Waals surface area contributed by atoms with Gasteiger partial charge in [-0.1, -0.05) is 6.92 Å². The summed E-state index contributed by atoms with van der Waals surface area (Å²) in [6.07, 6.45) is 0.912. The Hall–Kier alpha value is 0.0969. The van der Waals surface area contributed by atoms with Crippen LogP contribution in [0.2, 0.25) is 13.1 Å². The Balaban J connectivity index is 3.76. The van der Waals surface area contributed by atoms with E-state index in [1.807, 2.05) is 26.9 Å². The van der Waals surface area contributed by atoms with E-state index in [1.165, 1.54) is 0 Å². The van der Waals surface area contributed by atoms with Crippen LogP contribution in [0.5, 0.6) is 0 Å². The number of rotatable bonds is 5. The lowest BCUT2D eigenvalue weighted by molar-refractivity contribution is 0.0365. The van der Waals surface area contributed by atoms with Crippen molar-refractivity contribution >= 4 is 8.32 Å². The van der Waals surface area contributed by atoms with E-state index in [4.69, 9.17) is 4.84 Å². The van der Waals surface area contributed by atoms with Crippen molar-refractivity contribution < 1.29 is 9.63 Å². The van der Waals surface area contributed by atoms with Crippen LogP contribution in [0.25, 0.3) is 0 Å². The van der Waals surface area contributed by atoms with Gasteiger partial charge in [-0.15, -0.1) is 0 Å². The first kappa shape index (κ1) is 11.1. The minimum atomic E-state index is -2.06. The molecule has 1 atom stereocenters. The fourth-order valence-corrected chi connectivity index (χ4v) is 2.28. The van der Waals surface area contributed by atoms with E-state index in [-0.39, 0.29) is 5.67 Å². The van der Waals surface area contributed by atoms with Crippen molar-refractivity contribution in [2.24, 2.45) is 0 Å². The lowest BCUT2D eigenvalue weighted by Gasteiger charge is -2.25. The average Bonchev–Trinajstić information content (AvgIpc) is 1.87. The van der Waals surface area contributed by atoms with Crippen molar-refractivity contribution in [3.05, 3.63) is 0 Å². The Morgan fingerprint density at radius 2 is 2.00 bits per heavy atom. The Morgan fingerprint density at radius 1 is 1.45 bits per heavy atom. The predicted octanol–water partition coefficient (Wildman–Crippen LogP) is 1.04. The Labute approximate surface area is 69.8 Å². The SMILES string of the molecule is CCONC(CC)[Si](C)(C)O. The first-order valence-electron chi connectivity index (χ1n) is 4.12. The van der Waals surface area contributed by atoms with E-state index >= 15 is 0 Å². The molecular formula is C7H19NO2Si. The molecule has 0 aromatic heterocycles. The quantitative estimate of drug-likeness (QED) is 0.487. The third-order valence-electron chi connectivity index (χ3n) is 1.63. The molecule has 0 fully saturated rings. The van der Waals surface area contributed by atoms with Gasteiger partial charge >= 0.3 is 0 Å². The van der Waals surface area contributed by atoms with Gasteiger partial charge < -0.3 is 9.63 Å². The van der Waals surface area contributed by atoms with E-state index in [1.54, 1.807) is 0 Å². The molecule has 0 aliphatic carbocycles. The number of nitrogens with one attached hydrogen (secondary N) is 1. The number of hydroxylamine groups is 1. The Morgan fingerprint density at radius 3 is 2.27 bits per heavy atom. The van der Waals surface area contributed by atoms with Gasteiger partial charge in [0, 0.05) is 0 Å². The summed E-state index contributed by atoms with van der Waals surface area (Å²) in [5.74, 6) is 0. The molecule has 4 heteroatoms. The fraction of sp³-hybridized carbons (Fsp3) is 1.00. The van der Waals surface area contributed by atoms with Crippen LogP contribution in [0.15, 0.2) is 0 Å². The summed E-state index contributed by atoms with van der Waals surface area (Å²) in [6, 6.07) is 0. The van der Waals surface area contributed by atoms with Gasteiger partial charge in [0.25, 0.3) is 0 Å². The highest BCUT2D eigenvalue weighted by atomic mass is 28.4. The van der Waals surface area contributed by atoms with E-state index in [2.05, 4.69) is 5.48 Å². The molecule has 68 valence electrons. The van der Waals surface area contributed by atoms with E-state index in [9.17, 15) is 4.80 Å². The zero-order chi connectivity index (χ0) is 8.91. The lowest BCUT2D eigenvalue weighted by atomic mass is 10.5. The van der Waals surface area contributed by atoms with Crippen molar-refractivity contribution in [2.45, 2.75) is 39.0 Å². The molecule has 0 amide bonds. The standard InChI is InChI=1S/C7H19NO2Si/c1-5-7(8-10-6-2)11(3,4)9/h7-9H,5-6H2,1-4H3. The highest BCUT2D eigenvalue weighted by molar-refractivity contribution is 6.71. The average molecular weight is 177 g/mol. The Kier molecular flexibility index (Phi) is 4.91. The van der Waals surface area contributed by atoms with Crippen LogP contribution in [0.3, 0.4) is 0 Å². The summed E-state index contributed by atoms with van der Waals surface area (Å²) < 4.78 is 0.